The molecule has 0 bridgehead atoms. The number of carbonyl (C=O) groups excluding carboxylic acids is 1. The molecule has 0 fully saturated rings. The van der Waals surface area contributed by atoms with Crippen molar-refractivity contribution < 1.29 is 4.79 Å². The second kappa shape index (κ2) is 3.62. The van der Waals surface area contributed by atoms with Crippen molar-refractivity contribution in [3.63, 3.8) is 0 Å². The Bertz CT molecular complexity index is 396. The van der Waals surface area contributed by atoms with E-state index in [-0.39, 0.29) is 5.78 Å². The number of anilines is 1. The molecule has 3 heteroatoms. The highest BCUT2D eigenvalue weighted by molar-refractivity contribution is 6.11. The van der Waals surface area contributed by atoms with E-state index in [0.29, 0.717) is 11.3 Å². The van der Waals surface area contributed by atoms with Crippen LogP contribution in [0.1, 0.15) is 29.6 Å². The molecule has 1 heterocycles. The van der Waals surface area contributed by atoms with Crippen LogP contribution in [0.25, 0.3) is 0 Å². The summed E-state index contributed by atoms with van der Waals surface area (Å²) in [6, 6.07) is 1.66. The Balaban J connectivity index is 2.31. The lowest BCUT2D eigenvalue weighted by Crippen LogP contribution is -2.05. The second-order valence-electron chi connectivity index (χ2n) is 3.41. The standard InChI is InChI=1S/C11H12N2O/c12-10-5-6-13-7-9(10)11(14)8-3-1-2-4-8/h3,5-7H,1-2,4H2,(H2,12,13). The minimum absolute atomic E-state index is 0.0353. The quantitative estimate of drug-likeness (QED) is 0.722. The van der Waals surface area contributed by atoms with Crippen LogP contribution in [0, 0.1) is 0 Å². The molecule has 1 aromatic heterocycles. The Labute approximate surface area is 82.6 Å². The lowest BCUT2D eigenvalue weighted by molar-refractivity contribution is 0.103. The summed E-state index contributed by atoms with van der Waals surface area (Å²) in [7, 11) is 0. The molecule has 1 aromatic rings. The molecule has 3 nitrogen and oxygen atoms in total. The Hall–Kier alpha value is -1.64. The number of allylic oxidation sites excluding steroid dienone is 2. The summed E-state index contributed by atoms with van der Waals surface area (Å²) in [4.78, 5) is 15.8. The number of rotatable bonds is 2. The van der Waals surface area contributed by atoms with Gasteiger partial charge in [0.05, 0.1) is 5.56 Å². The lowest BCUT2D eigenvalue weighted by Gasteiger charge is -2.03. The Kier molecular flexibility index (Phi) is 2.31. The van der Waals surface area contributed by atoms with Crippen molar-refractivity contribution in [3.05, 3.63) is 35.7 Å². The molecule has 14 heavy (non-hydrogen) atoms. The Morgan fingerprint density at radius 2 is 2.36 bits per heavy atom. The molecule has 1 aliphatic rings. The van der Waals surface area contributed by atoms with E-state index in [0.717, 1.165) is 24.8 Å². The average molecular weight is 188 g/mol. The molecular formula is C11H12N2O. The number of carbonyl (C=O) groups is 1. The summed E-state index contributed by atoms with van der Waals surface area (Å²) in [5, 5.41) is 0. The number of nitrogens with zero attached hydrogens (tertiary/aromatic N) is 1. The fourth-order valence-corrected chi connectivity index (χ4v) is 1.65. The first-order valence-corrected chi connectivity index (χ1v) is 4.72. The van der Waals surface area contributed by atoms with Crippen LogP contribution in [0.3, 0.4) is 0 Å². The van der Waals surface area contributed by atoms with Crippen LogP contribution >= 0.6 is 0 Å². The molecular weight excluding hydrogens is 176 g/mol. The molecule has 0 unspecified atom stereocenters. The monoisotopic (exact) mass is 188 g/mol. The molecule has 0 saturated heterocycles. The van der Waals surface area contributed by atoms with E-state index < -0.39 is 0 Å². The van der Waals surface area contributed by atoms with Crippen molar-refractivity contribution in [2.75, 3.05) is 5.73 Å². The molecule has 0 atom stereocenters. The van der Waals surface area contributed by atoms with Gasteiger partial charge in [0.25, 0.3) is 0 Å². The molecule has 2 N–H and O–H groups in total. The molecule has 72 valence electrons. The van der Waals surface area contributed by atoms with Crippen molar-refractivity contribution in [3.8, 4) is 0 Å². The van der Waals surface area contributed by atoms with Gasteiger partial charge in [0.2, 0.25) is 0 Å². The van der Waals surface area contributed by atoms with E-state index >= 15 is 0 Å². The first kappa shape index (κ1) is 8.94. The van der Waals surface area contributed by atoms with E-state index in [1.807, 2.05) is 6.08 Å². The highest BCUT2D eigenvalue weighted by atomic mass is 16.1. The van der Waals surface area contributed by atoms with Crippen LogP contribution in [0.15, 0.2) is 30.1 Å². The molecule has 0 aliphatic heterocycles. The first-order chi connectivity index (χ1) is 6.79. The SMILES string of the molecule is Nc1ccncc1C(=O)C1=CCCC1. The van der Waals surface area contributed by atoms with Gasteiger partial charge in [-0.05, 0) is 30.9 Å². The predicted octanol–water partition coefficient (Wildman–Crippen LogP) is 1.96. The molecule has 0 aromatic carbocycles. The maximum atomic E-state index is 11.9. The van der Waals surface area contributed by atoms with E-state index in [9.17, 15) is 4.79 Å². The number of hydrogen-bond acceptors (Lipinski definition) is 3. The number of aromatic nitrogens is 1. The zero-order chi connectivity index (χ0) is 9.97. The van der Waals surface area contributed by atoms with Gasteiger partial charge in [-0.1, -0.05) is 6.08 Å². The minimum Gasteiger partial charge on any atom is -0.398 e. The van der Waals surface area contributed by atoms with E-state index in [4.69, 9.17) is 5.73 Å². The van der Waals surface area contributed by atoms with Crippen LogP contribution in [-0.2, 0) is 0 Å². The summed E-state index contributed by atoms with van der Waals surface area (Å²) >= 11 is 0. The fourth-order valence-electron chi connectivity index (χ4n) is 1.65. The summed E-state index contributed by atoms with van der Waals surface area (Å²) in [5.74, 6) is 0.0353. The summed E-state index contributed by atoms with van der Waals surface area (Å²) in [5.41, 5.74) is 7.62. The van der Waals surface area contributed by atoms with Gasteiger partial charge in [0.15, 0.2) is 5.78 Å². The number of hydrogen-bond donors (Lipinski definition) is 1. The Morgan fingerprint density at radius 3 is 3.00 bits per heavy atom. The van der Waals surface area contributed by atoms with Crippen molar-refractivity contribution in [2.45, 2.75) is 19.3 Å². The normalized spacial score (nSPS) is 15.3. The predicted molar refractivity (Wildman–Crippen MR) is 54.9 cm³/mol. The molecule has 0 spiro atoms. The zero-order valence-corrected chi connectivity index (χ0v) is 7.86. The number of nitrogens with two attached hydrogens (primary N) is 1. The van der Waals surface area contributed by atoms with Gasteiger partial charge >= 0.3 is 0 Å². The third kappa shape index (κ3) is 1.53. The molecule has 1 aliphatic carbocycles. The third-order valence-corrected chi connectivity index (χ3v) is 2.43. The first-order valence-electron chi connectivity index (χ1n) is 4.72. The Morgan fingerprint density at radius 1 is 1.50 bits per heavy atom. The van der Waals surface area contributed by atoms with Gasteiger partial charge in [0.1, 0.15) is 0 Å². The number of ketones is 1. The largest absolute Gasteiger partial charge is 0.398 e. The highest BCUT2D eigenvalue weighted by Crippen LogP contribution is 2.23. The van der Waals surface area contributed by atoms with Crippen molar-refractivity contribution in [2.24, 2.45) is 0 Å². The maximum absolute atomic E-state index is 11.9. The van der Waals surface area contributed by atoms with Crippen LogP contribution in [-0.4, -0.2) is 10.8 Å². The molecule has 0 saturated carbocycles. The van der Waals surface area contributed by atoms with Gasteiger partial charge in [-0.2, -0.15) is 0 Å². The van der Waals surface area contributed by atoms with Gasteiger partial charge in [-0.25, -0.2) is 0 Å². The number of Topliss-reactive ketones (excluding diaryl/α,β-unsaturated/α-hetero) is 1. The van der Waals surface area contributed by atoms with Crippen LogP contribution in [0.2, 0.25) is 0 Å². The summed E-state index contributed by atoms with van der Waals surface area (Å²) in [6.45, 7) is 0. The number of nitrogen functional groups attached to an aromatic ring is 1. The fraction of sp³-hybridized carbons (Fsp3) is 0.273. The van der Waals surface area contributed by atoms with Gasteiger partial charge in [-0.15, -0.1) is 0 Å². The minimum atomic E-state index is 0.0353. The zero-order valence-electron chi connectivity index (χ0n) is 7.86. The van der Waals surface area contributed by atoms with Gasteiger partial charge in [0, 0.05) is 18.1 Å². The smallest absolute Gasteiger partial charge is 0.192 e. The van der Waals surface area contributed by atoms with Crippen LogP contribution in [0.5, 0.6) is 0 Å². The van der Waals surface area contributed by atoms with E-state index in [2.05, 4.69) is 4.98 Å². The van der Waals surface area contributed by atoms with Gasteiger partial charge in [-0.3, -0.25) is 9.78 Å². The highest BCUT2D eigenvalue weighted by Gasteiger charge is 2.17. The van der Waals surface area contributed by atoms with Crippen molar-refractivity contribution in [1.82, 2.24) is 4.98 Å². The van der Waals surface area contributed by atoms with E-state index in [1.54, 1.807) is 12.3 Å². The second-order valence-corrected chi connectivity index (χ2v) is 3.41. The summed E-state index contributed by atoms with van der Waals surface area (Å²) < 4.78 is 0. The average Bonchev–Trinajstić information content (AvgIpc) is 2.70. The molecule has 0 amide bonds. The maximum Gasteiger partial charge on any atom is 0.192 e. The van der Waals surface area contributed by atoms with Crippen LogP contribution in [0.4, 0.5) is 5.69 Å². The lowest BCUT2D eigenvalue weighted by atomic mass is 10.0. The topological polar surface area (TPSA) is 56.0 Å². The van der Waals surface area contributed by atoms with E-state index in [1.165, 1.54) is 6.20 Å². The summed E-state index contributed by atoms with van der Waals surface area (Å²) in [6.07, 6.45) is 8.07. The van der Waals surface area contributed by atoms with Gasteiger partial charge < -0.3 is 5.73 Å². The molecule has 0 radical (unpaired) electrons. The number of pyridine rings is 1. The van der Waals surface area contributed by atoms with Crippen molar-refractivity contribution in [1.29, 1.82) is 0 Å². The van der Waals surface area contributed by atoms with Crippen molar-refractivity contribution >= 4 is 11.5 Å². The molecule has 2 rings (SSSR count). The third-order valence-electron chi connectivity index (χ3n) is 2.43. The van der Waals surface area contributed by atoms with Crippen LogP contribution < -0.4 is 5.73 Å².